The first-order valence-electron chi connectivity index (χ1n) is 14.6. The summed E-state index contributed by atoms with van der Waals surface area (Å²) < 4.78 is 40.7. The average molecular weight is 633 g/mol. The number of aromatic nitrogens is 2. The van der Waals surface area contributed by atoms with Crippen LogP contribution in [0.2, 0.25) is 0 Å². The van der Waals surface area contributed by atoms with Gasteiger partial charge in [-0.2, -0.15) is 13.5 Å². The minimum atomic E-state index is -3.83. The Labute approximate surface area is 262 Å². The summed E-state index contributed by atoms with van der Waals surface area (Å²) in [6, 6.07) is 18.4. The van der Waals surface area contributed by atoms with Crippen molar-refractivity contribution in [1.82, 2.24) is 15.3 Å². The number of nitrogens with zero attached hydrogens (tertiary/aromatic N) is 3. The standard InChI is InChI=1S/C33H36N4O7S/c1-22-9-5-14-30(24(22)3)42-16-8-15-31(38)37-19-23(2)43-32-28(12-7-13-29(32)37)27-18-34-36(21-27)20-25-10-6-11-26(17-25)33(39)35-44-45(4,40)41/h5-7,9-14,17-18,21,23H,8,15-16,19-20H2,1-4H3,(H,35,39). The van der Waals surface area contributed by atoms with Gasteiger partial charge in [0.05, 0.1) is 37.8 Å². The zero-order valence-electron chi connectivity index (χ0n) is 25.6. The second kappa shape index (κ2) is 13.5. The van der Waals surface area contributed by atoms with E-state index in [1.165, 1.54) is 5.56 Å². The van der Waals surface area contributed by atoms with Crippen molar-refractivity contribution in [2.45, 2.75) is 46.3 Å². The van der Waals surface area contributed by atoms with Gasteiger partial charge in [-0.3, -0.25) is 14.3 Å². The van der Waals surface area contributed by atoms with Crippen LogP contribution >= 0.6 is 0 Å². The van der Waals surface area contributed by atoms with E-state index in [4.69, 9.17) is 9.47 Å². The van der Waals surface area contributed by atoms with Crippen LogP contribution in [0.3, 0.4) is 0 Å². The molecule has 1 aliphatic heterocycles. The van der Waals surface area contributed by atoms with E-state index in [0.29, 0.717) is 44.0 Å². The highest BCUT2D eigenvalue weighted by atomic mass is 32.2. The van der Waals surface area contributed by atoms with Crippen LogP contribution in [0.1, 0.15) is 46.8 Å². The number of hydrogen-bond acceptors (Lipinski definition) is 8. The van der Waals surface area contributed by atoms with Crippen molar-refractivity contribution in [3.05, 3.63) is 95.3 Å². The Balaban J connectivity index is 1.26. The molecular weight excluding hydrogens is 596 g/mol. The number of rotatable bonds is 11. The first kappa shape index (κ1) is 31.7. The molecule has 0 radical (unpaired) electrons. The third-order valence-electron chi connectivity index (χ3n) is 7.46. The van der Waals surface area contributed by atoms with Gasteiger partial charge < -0.3 is 14.4 Å². The van der Waals surface area contributed by atoms with E-state index >= 15 is 0 Å². The number of ether oxygens (including phenoxy) is 2. The number of aryl methyl sites for hydroxylation is 1. The summed E-state index contributed by atoms with van der Waals surface area (Å²) in [6.45, 7) is 7.28. The summed E-state index contributed by atoms with van der Waals surface area (Å²) in [7, 11) is -3.83. The van der Waals surface area contributed by atoms with Crippen molar-refractivity contribution in [3.8, 4) is 22.6 Å². The molecule has 1 unspecified atom stereocenters. The molecule has 0 saturated heterocycles. The maximum absolute atomic E-state index is 13.4. The third kappa shape index (κ3) is 7.89. The van der Waals surface area contributed by atoms with Gasteiger partial charge in [0, 0.05) is 29.3 Å². The molecule has 0 saturated carbocycles. The summed E-state index contributed by atoms with van der Waals surface area (Å²) in [5.74, 6) is 0.795. The molecule has 5 rings (SSSR count). The van der Waals surface area contributed by atoms with E-state index in [1.54, 1.807) is 34.0 Å². The van der Waals surface area contributed by atoms with E-state index in [0.717, 1.165) is 34.3 Å². The van der Waals surface area contributed by atoms with Gasteiger partial charge in [-0.1, -0.05) is 36.4 Å². The molecule has 2 amide bonds. The lowest BCUT2D eigenvalue weighted by Crippen LogP contribution is -2.42. The first-order valence-corrected chi connectivity index (χ1v) is 16.4. The zero-order valence-corrected chi connectivity index (χ0v) is 26.5. The summed E-state index contributed by atoms with van der Waals surface area (Å²) in [6.07, 6.45) is 5.17. The van der Waals surface area contributed by atoms with Gasteiger partial charge in [-0.25, -0.2) is 5.48 Å². The van der Waals surface area contributed by atoms with Gasteiger partial charge in [0.2, 0.25) is 5.91 Å². The van der Waals surface area contributed by atoms with Crippen LogP contribution < -0.4 is 19.9 Å². The van der Waals surface area contributed by atoms with Crippen LogP contribution in [-0.2, 0) is 25.7 Å². The first-order chi connectivity index (χ1) is 21.5. The molecule has 11 nitrogen and oxygen atoms in total. The maximum Gasteiger partial charge on any atom is 0.285 e. The number of nitrogens with one attached hydrogen (secondary N) is 1. The number of hydroxylamine groups is 1. The average Bonchev–Trinajstić information content (AvgIpc) is 3.47. The molecule has 1 aromatic heterocycles. The Bertz CT molecular complexity index is 1820. The quantitative estimate of drug-likeness (QED) is 0.184. The highest BCUT2D eigenvalue weighted by Crippen LogP contribution is 2.42. The lowest BCUT2D eigenvalue weighted by molar-refractivity contribution is -0.119. The normalized spacial score (nSPS) is 14.4. The molecule has 0 spiro atoms. The fourth-order valence-corrected chi connectivity index (χ4v) is 5.33. The number of benzene rings is 3. The molecule has 3 aromatic carbocycles. The van der Waals surface area contributed by atoms with Crippen LogP contribution in [0.25, 0.3) is 11.1 Å². The van der Waals surface area contributed by atoms with Gasteiger partial charge in [0.25, 0.3) is 16.0 Å². The molecule has 2 heterocycles. The monoisotopic (exact) mass is 632 g/mol. The Morgan fingerprint density at radius 1 is 1.09 bits per heavy atom. The molecule has 45 heavy (non-hydrogen) atoms. The van der Waals surface area contributed by atoms with Crippen molar-refractivity contribution in [3.63, 3.8) is 0 Å². The van der Waals surface area contributed by atoms with E-state index in [-0.39, 0.29) is 17.6 Å². The smallest absolute Gasteiger partial charge is 0.285 e. The molecular formula is C33H36N4O7S. The van der Waals surface area contributed by atoms with Crippen molar-refractivity contribution in [2.24, 2.45) is 0 Å². The summed E-state index contributed by atoms with van der Waals surface area (Å²) in [5.41, 5.74) is 7.55. The van der Waals surface area contributed by atoms with Crippen molar-refractivity contribution >= 4 is 27.6 Å². The number of anilines is 1. The number of para-hydroxylation sites is 1. The third-order valence-corrected chi connectivity index (χ3v) is 7.84. The zero-order chi connectivity index (χ0) is 32.1. The summed E-state index contributed by atoms with van der Waals surface area (Å²) in [4.78, 5) is 27.5. The number of amides is 2. The molecule has 1 atom stereocenters. The van der Waals surface area contributed by atoms with Crippen LogP contribution in [-0.4, -0.2) is 55.5 Å². The van der Waals surface area contributed by atoms with Crippen molar-refractivity contribution < 1.29 is 31.8 Å². The van der Waals surface area contributed by atoms with E-state index in [9.17, 15) is 18.0 Å². The SMILES string of the molecule is Cc1cccc(OCCCC(=O)N2CC(C)Oc3c(-c4cnn(Cc5cccc(C(=O)NOS(C)(=O)=O)c5)c4)cccc32)c1C. The van der Waals surface area contributed by atoms with Gasteiger partial charge >= 0.3 is 0 Å². The molecule has 1 aliphatic rings. The highest BCUT2D eigenvalue weighted by molar-refractivity contribution is 7.85. The molecule has 0 aliphatic carbocycles. The second-order valence-electron chi connectivity index (χ2n) is 11.1. The van der Waals surface area contributed by atoms with Gasteiger partial charge in [-0.05, 0) is 68.1 Å². The van der Waals surface area contributed by atoms with Crippen LogP contribution in [0.4, 0.5) is 5.69 Å². The molecule has 4 aromatic rings. The van der Waals surface area contributed by atoms with Gasteiger partial charge in [0.15, 0.2) is 5.75 Å². The van der Waals surface area contributed by atoms with Crippen LogP contribution in [0.5, 0.6) is 11.5 Å². The van der Waals surface area contributed by atoms with E-state index in [2.05, 4.69) is 9.38 Å². The molecule has 0 bridgehead atoms. The van der Waals surface area contributed by atoms with E-state index in [1.807, 2.05) is 74.9 Å². The predicted molar refractivity (Wildman–Crippen MR) is 170 cm³/mol. The lowest BCUT2D eigenvalue weighted by Gasteiger charge is -2.34. The molecule has 1 N–H and O–H groups in total. The molecule has 236 valence electrons. The molecule has 12 heteroatoms. The van der Waals surface area contributed by atoms with Crippen LogP contribution in [0, 0.1) is 13.8 Å². The van der Waals surface area contributed by atoms with Gasteiger partial charge in [0.1, 0.15) is 11.9 Å². The Hall–Kier alpha value is -4.68. The second-order valence-corrected chi connectivity index (χ2v) is 12.7. The van der Waals surface area contributed by atoms with Crippen LogP contribution in [0.15, 0.2) is 73.1 Å². The molecule has 0 fully saturated rings. The maximum atomic E-state index is 13.4. The minimum Gasteiger partial charge on any atom is -0.493 e. The fraction of sp³-hybridized carbons (Fsp3) is 0.303. The fourth-order valence-electron chi connectivity index (χ4n) is 5.10. The van der Waals surface area contributed by atoms with Crippen molar-refractivity contribution in [1.29, 1.82) is 0 Å². The topological polar surface area (TPSA) is 129 Å². The number of hydrogen-bond donors (Lipinski definition) is 1. The summed E-state index contributed by atoms with van der Waals surface area (Å²) >= 11 is 0. The lowest BCUT2D eigenvalue weighted by atomic mass is 10.0. The minimum absolute atomic E-state index is 0.00895. The highest BCUT2D eigenvalue weighted by Gasteiger charge is 2.29. The van der Waals surface area contributed by atoms with Gasteiger partial charge in [-0.15, -0.1) is 4.28 Å². The Kier molecular flexibility index (Phi) is 9.54. The predicted octanol–water partition coefficient (Wildman–Crippen LogP) is 4.81. The summed E-state index contributed by atoms with van der Waals surface area (Å²) in [5, 5.41) is 4.50. The Morgan fingerprint density at radius 2 is 1.87 bits per heavy atom. The number of fused-ring (bicyclic) bond motifs is 1. The van der Waals surface area contributed by atoms with E-state index < -0.39 is 16.0 Å². The Morgan fingerprint density at radius 3 is 2.67 bits per heavy atom. The van der Waals surface area contributed by atoms with Crippen molar-refractivity contribution in [2.75, 3.05) is 24.3 Å². The number of carbonyl (C=O) groups excluding carboxylic acids is 2. The number of carbonyl (C=O) groups is 2. The largest absolute Gasteiger partial charge is 0.493 e.